The molecule has 1 amide bonds. The number of ether oxygens (including phenoxy) is 1. The number of carbonyl (C=O) groups excluding carboxylic acids is 1. The molecule has 4 saturated heterocycles. The van der Waals surface area contributed by atoms with E-state index >= 15 is 4.39 Å². The zero-order valence-electron chi connectivity index (χ0n) is 27.1. The van der Waals surface area contributed by atoms with Crippen LogP contribution in [0.15, 0.2) is 30.9 Å². The number of carbonyl (C=O) groups is 1. The lowest BCUT2D eigenvalue weighted by atomic mass is 9.84. The minimum Gasteiger partial charge on any atom is -0.461 e. The molecule has 1 unspecified atom stereocenters. The number of aromatic nitrogens is 5. The summed E-state index contributed by atoms with van der Waals surface area (Å²) in [7, 11) is 0. The van der Waals surface area contributed by atoms with Gasteiger partial charge >= 0.3 is 12.0 Å². The van der Waals surface area contributed by atoms with Gasteiger partial charge in [0.05, 0.1) is 26.4 Å². The summed E-state index contributed by atoms with van der Waals surface area (Å²) in [4.78, 5) is 32.4. The highest BCUT2D eigenvalue weighted by Gasteiger charge is 2.53. The molecule has 1 spiro atoms. The Morgan fingerprint density at radius 1 is 1.20 bits per heavy atom. The van der Waals surface area contributed by atoms with E-state index < -0.39 is 28.9 Å². The maximum Gasteiger partial charge on any atom is 0.346 e. The lowest BCUT2D eigenvalue weighted by molar-refractivity contribution is 0.0400. The summed E-state index contributed by atoms with van der Waals surface area (Å²) >= 11 is 7.79. The van der Waals surface area contributed by atoms with Gasteiger partial charge in [0.15, 0.2) is 5.82 Å². The number of hydrogen-bond acceptors (Lipinski definition) is 11. The van der Waals surface area contributed by atoms with Crippen LogP contribution in [0.25, 0.3) is 32.1 Å². The first-order chi connectivity index (χ1) is 24.6. The first-order valence-corrected chi connectivity index (χ1v) is 17.8. The summed E-state index contributed by atoms with van der Waals surface area (Å²) in [5.41, 5.74) is 5.14. The second-order valence-corrected chi connectivity index (χ2v) is 15.3. The first-order valence-electron chi connectivity index (χ1n) is 16.7. The standard InChI is InChI=1S/C34H30ClF3N10O2S/c35-22-10-20-27(26(38)25(22)19-2-3-23(37)28-24(19)21(12-39)29(40)51-28)43-31(50-15-34-4-1-7-46(34)13-18(36)11-34)44-30(20)45-8-5-33(14-45)6-9-47(33)32(49)48-17-41-16-42-48/h2-3,10,16-18H,1,4-9,11,13-15,40H2/t18-,33?,34+/m1/s1. The Bertz CT molecular complexity index is 2300. The number of nitrogen functional groups attached to an aromatic ring is 1. The molecule has 0 bridgehead atoms. The number of benzene rings is 2. The van der Waals surface area contributed by atoms with Crippen LogP contribution in [0, 0.1) is 23.0 Å². The Balaban J connectivity index is 1.16. The van der Waals surface area contributed by atoms with Crippen LogP contribution in [0.3, 0.4) is 0 Å². The fourth-order valence-corrected chi connectivity index (χ4v) is 9.84. The Morgan fingerprint density at radius 2 is 2.04 bits per heavy atom. The molecule has 17 heteroatoms. The second kappa shape index (κ2) is 11.7. The van der Waals surface area contributed by atoms with Gasteiger partial charge in [-0.25, -0.2) is 22.9 Å². The molecule has 3 atom stereocenters. The minimum absolute atomic E-state index is 0.000980. The van der Waals surface area contributed by atoms with Crippen LogP contribution in [0.2, 0.25) is 5.02 Å². The van der Waals surface area contributed by atoms with Gasteiger partial charge in [0, 0.05) is 48.9 Å². The predicted molar refractivity (Wildman–Crippen MR) is 185 cm³/mol. The SMILES string of the molecule is N#Cc1c(N)sc2c(F)ccc(-c3c(Cl)cc4c(N5CCC6(CCN6C(=O)n6cncn6)C5)nc(OC[C@@]56CCCN5C[C@H](F)C6)nc4c3F)c12. The zero-order chi connectivity index (χ0) is 35.2. The maximum absolute atomic E-state index is 17.1. The molecule has 4 aliphatic heterocycles. The zero-order valence-corrected chi connectivity index (χ0v) is 28.7. The molecule has 3 aromatic heterocycles. The normalized spacial score (nSPS) is 24.5. The Hall–Kier alpha value is -4.72. The van der Waals surface area contributed by atoms with Crippen molar-refractivity contribution in [1.82, 2.24) is 34.5 Å². The minimum atomic E-state index is -0.965. The number of nitrogens with zero attached hydrogens (tertiary/aromatic N) is 9. The Morgan fingerprint density at radius 3 is 2.80 bits per heavy atom. The van der Waals surface area contributed by atoms with Crippen molar-refractivity contribution < 1.29 is 22.7 Å². The fourth-order valence-electron chi connectivity index (χ4n) is 8.60. The van der Waals surface area contributed by atoms with Gasteiger partial charge in [-0.15, -0.1) is 11.3 Å². The van der Waals surface area contributed by atoms with E-state index in [1.807, 2.05) is 11.0 Å². The Labute approximate surface area is 298 Å². The van der Waals surface area contributed by atoms with Crippen LogP contribution in [-0.2, 0) is 0 Å². The highest BCUT2D eigenvalue weighted by molar-refractivity contribution is 7.23. The number of alkyl halides is 1. The molecule has 9 rings (SSSR count). The number of likely N-dealkylation sites (tertiary alicyclic amines) is 1. The van der Waals surface area contributed by atoms with Crippen LogP contribution in [0.5, 0.6) is 6.01 Å². The average molecular weight is 735 g/mol. The van der Waals surface area contributed by atoms with Crippen LogP contribution in [0.1, 0.15) is 37.7 Å². The van der Waals surface area contributed by atoms with Gasteiger partial charge in [-0.05, 0) is 49.9 Å². The van der Waals surface area contributed by atoms with E-state index in [2.05, 4.69) is 20.0 Å². The smallest absolute Gasteiger partial charge is 0.346 e. The molecule has 4 aliphatic rings. The molecule has 2 aromatic carbocycles. The number of nitrogens with two attached hydrogens (primary N) is 1. The van der Waals surface area contributed by atoms with Crippen molar-refractivity contribution in [3.8, 4) is 23.2 Å². The number of nitriles is 1. The molecule has 4 fully saturated rings. The van der Waals surface area contributed by atoms with E-state index in [4.69, 9.17) is 27.1 Å². The van der Waals surface area contributed by atoms with Crippen LogP contribution in [0.4, 0.5) is 28.8 Å². The lowest BCUT2D eigenvalue weighted by Gasteiger charge is -2.50. The number of anilines is 2. The Kier molecular flexibility index (Phi) is 7.36. The maximum atomic E-state index is 17.1. The molecule has 0 radical (unpaired) electrons. The summed E-state index contributed by atoms with van der Waals surface area (Å²) in [5, 5.41) is 14.5. The largest absolute Gasteiger partial charge is 0.461 e. The molecule has 2 N–H and O–H groups in total. The summed E-state index contributed by atoms with van der Waals surface area (Å²) in [6.45, 7) is 2.68. The van der Waals surface area contributed by atoms with Gasteiger partial charge in [-0.1, -0.05) is 17.7 Å². The molecule has 0 saturated carbocycles. The van der Waals surface area contributed by atoms with Crippen molar-refractivity contribution in [3.63, 3.8) is 0 Å². The lowest BCUT2D eigenvalue weighted by Crippen LogP contribution is -2.64. The molecule has 12 nitrogen and oxygen atoms in total. The summed E-state index contributed by atoms with van der Waals surface area (Å²) in [6, 6.07) is 5.79. The van der Waals surface area contributed by atoms with Gasteiger partial charge in [0.2, 0.25) is 0 Å². The average Bonchev–Trinajstić information content (AvgIpc) is 3.93. The summed E-state index contributed by atoms with van der Waals surface area (Å²) in [5.74, 6) is -1.03. The third-order valence-electron chi connectivity index (χ3n) is 11.1. The van der Waals surface area contributed by atoms with Gasteiger partial charge in [-0.2, -0.15) is 25.0 Å². The summed E-state index contributed by atoms with van der Waals surface area (Å²) in [6.07, 6.45) is 5.10. The van der Waals surface area contributed by atoms with Crippen molar-refractivity contribution in [3.05, 3.63) is 53.1 Å². The van der Waals surface area contributed by atoms with Crippen molar-refractivity contribution in [2.24, 2.45) is 0 Å². The highest BCUT2D eigenvalue weighted by Crippen LogP contribution is 2.48. The number of amides is 1. The van der Waals surface area contributed by atoms with E-state index in [9.17, 15) is 18.8 Å². The molecular weight excluding hydrogens is 705 g/mol. The number of rotatable bonds is 5. The molecule has 0 aliphatic carbocycles. The van der Waals surface area contributed by atoms with Crippen molar-refractivity contribution in [2.75, 3.05) is 50.0 Å². The number of thiophene rings is 1. The topological polar surface area (TPSA) is 142 Å². The highest BCUT2D eigenvalue weighted by atomic mass is 35.5. The van der Waals surface area contributed by atoms with Crippen molar-refractivity contribution in [2.45, 2.75) is 49.4 Å². The fraction of sp³-hybridized carbons (Fsp3) is 0.412. The van der Waals surface area contributed by atoms with E-state index in [1.54, 1.807) is 11.0 Å². The summed E-state index contributed by atoms with van der Waals surface area (Å²) < 4.78 is 54.2. The van der Waals surface area contributed by atoms with E-state index in [1.165, 1.54) is 29.5 Å². The van der Waals surface area contributed by atoms with Gasteiger partial charge in [0.1, 0.15) is 53.7 Å². The third kappa shape index (κ3) is 4.85. The molecular formula is C34H30ClF3N10O2S. The number of fused-ring (bicyclic) bond motifs is 3. The first kappa shape index (κ1) is 32.2. The number of hydrogen-bond donors (Lipinski definition) is 1. The van der Waals surface area contributed by atoms with E-state index in [0.717, 1.165) is 37.1 Å². The second-order valence-electron chi connectivity index (χ2n) is 13.8. The van der Waals surface area contributed by atoms with Crippen LogP contribution < -0.4 is 15.4 Å². The van der Waals surface area contributed by atoms with Crippen LogP contribution >= 0.6 is 22.9 Å². The molecule has 51 heavy (non-hydrogen) atoms. The van der Waals surface area contributed by atoms with Crippen LogP contribution in [-0.4, -0.2) is 97.1 Å². The van der Waals surface area contributed by atoms with E-state index in [0.29, 0.717) is 50.2 Å². The third-order valence-corrected chi connectivity index (χ3v) is 12.4. The quantitative estimate of drug-likeness (QED) is 0.237. The van der Waals surface area contributed by atoms with Crippen molar-refractivity contribution in [1.29, 1.82) is 5.26 Å². The van der Waals surface area contributed by atoms with Gasteiger partial charge in [0.25, 0.3) is 0 Å². The number of halogens is 4. The monoisotopic (exact) mass is 734 g/mol. The van der Waals surface area contributed by atoms with Gasteiger partial charge < -0.3 is 20.3 Å². The van der Waals surface area contributed by atoms with Gasteiger partial charge in [-0.3, -0.25) is 4.90 Å². The molecule has 5 aromatic rings. The van der Waals surface area contributed by atoms with E-state index in [-0.39, 0.29) is 61.0 Å². The van der Waals surface area contributed by atoms with Crippen molar-refractivity contribution >= 4 is 60.8 Å². The predicted octanol–water partition coefficient (Wildman–Crippen LogP) is 5.77. The molecule has 7 heterocycles. The molecule has 262 valence electrons.